The van der Waals surface area contributed by atoms with Crippen LogP contribution in [-0.2, 0) is 10.5 Å². The molecule has 3 aromatic rings. The Hall–Kier alpha value is -2.50. The monoisotopic (exact) mass is 439 g/mol. The van der Waals surface area contributed by atoms with Gasteiger partial charge in [-0.25, -0.2) is 5.43 Å². The van der Waals surface area contributed by atoms with Crippen LogP contribution >= 0.6 is 23.4 Å². The van der Waals surface area contributed by atoms with Gasteiger partial charge in [0.25, 0.3) is 0 Å². The standard InChI is InChI=1S/C24H26ClN3OS/c1-16-5-10-23(17(2)11-16)28-18(3)12-21(19(28)4)13-26-27-24(29)15-30-14-20-6-8-22(25)9-7-20/h5-13H,14-15H2,1-4H3,(H,27,29). The first-order chi connectivity index (χ1) is 14.3. The molecule has 1 amide bonds. The van der Waals surface area contributed by atoms with Gasteiger partial charge in [0, 0.05) is 33.4 Å². The molecule has 3 rings (SSSR count). The SMILES string of the molecule is Cc1ccc(-n2c(C)cc(C=NNC(=O)CSCc3ccc(Cl)cc3)c2C)c(C)c1. The molecule has 0 unspecified atom stereocenters. The Bertz CT molecular complexity index is 1070. The molecule has 1 heterocycles. The molecule has 0 spiro atoms. The number of rotatable bonds is 7. The summed E-state index contributed by atoms with van der Waals surface area (Å²) in [5, 5.41) is 4.87. The molecule has 156 valence electrons. The molecule has 4 nitrogen and oxygen atoms in total. The zero-order valence-electron chi connectivity index (χ0n) is 17.7. The molecule has 0 aliphatic rings. The summed E-state index contributed by atoms with van der Waals surface area (Å²) in [6, 6.07) is 16.2. The van der Waals surface area contributed by atoms with Gasteiger partial charge in [-0.2, -0.15) is 5.10 Å². The number of nitrogens with one attached hydrogen (secondary N) is 1. The second-order valence-electron chi connectivity index (χ2n) is 7.36. The molecular formula is C24H26ClN3OS. The molecule has 0 aliphatic carbocycles. The van der Waals surface area contributed by atoms with Crippen LogP contribution in [0, 0.1) is 27.7 Å². The smallest absolute Gasteiger partial charge is 0.250 e. The lowest BCUT2D eigenvalue weighted by Crippen LogP contribution is -2.19. The Morgan fingerprint density at radius 2 is 1.83 bits per heavy atom. The Morgan fingerprint density at radius 1 is 1.10 bits per heavy atom. The van der Waals surface area contributed by atoms with E-state index in [-0.39, 0.29) is 5.91 Å². The molecule has 0 radical (unpaired) electrons. The number of aromatic nitrogens is 1. The van der Waals surface area contributed by atoms with E-state index in [0.717, 1.165) is 34.0 Å². The highest BCUT2D eigenvalue weighted by Crippen LogP contribution is 2.23. The summed E-state index contributed by atoms with van der Waals surface area (Å²) in [6.07, 6.45) is 1.71. The van der Waals surface area contributed by atoms with Crippen molar-refractivity contribution >= 4 is 35.5 Å². The molecule has 6 heteroatoms. The Kier molecular flexibility index (Phi) is 7.40. The van der Waals surface area contributed by atoms with Crippen molar-refractivity contribution in [3.63, 3.8) is 0 Å². The number of benzene rings is 2. The highest BCUT2D eigenvalue weighted by molar-refractivity contribution is 7.99. The lowest BCUT2D eigenvalue weighted by Gasteiger charge is -2.13. The molecule has 0 saturated heterocycles. The van der Waals surface area contributed by atoms with Gasteiger partial charge >= 0.3 is 0 Å². The number of hydrogen-bond donors (Lipinski definition) is 1. The molecule has 1 N–H and O–H groups in total. The zero-order chi connectivity index (χ0) is 21.7. The Labute approximate surface area is 187 Å². The van der Waals surface area contributed by atoms with Crippen molar-refractivity contribution in [2.45, 2.75) is 33.4 Å². The van der Waals surface area contributed by atoms with Crippen LogP contribution in [0.3, 0.4) is 0 Å². The van der Waals surface area contributed by atoms with Crippen molar-refractivity contribution in [3.05, 3.63) is 87.2 Å². The average Bonchev–Trinajstić information content (AvgIpc) is 2.97. The third kappa shape index (κ3) is 5.55. The van der Waals surface area contributed by atoms with Crippen LogP contribution < -0.4 is 5.43 Å². The largest absolute Gasteiger partial charge is 0.318 e. The molecule has 2 aromatic carbocycles. The Morgan fingerprint density at radius 3 is 2.53 bits per heavy atom. The van der Waals surface area contributed by atoms with Crippen LogP contribution in [0.2, 0.25) is 5.02 Å². The van der Waals surface area contributed by atoms with Gasteiger partial charge in [0.2, 0.25) is 5.91 Å². The number of carbonyl (C=O) groups excluding carboxylic acids is 1. The van der Waals surface area contributed by atoms with Crippen LogP contribution in [0.4, 0.5) is 0 Å². The van der Waals surface area contributed by atoms with Crippen LogP contribution in [0.15, 0.2) is 53.6 Å². The molecule has 0 bridgehead atoms. The zero-order valence-corrected chi connectivity index (χ0v) is 19.3. The number of amides is 1. The molecule has 30 heavy (non-hydrogen) atoms. The molecule has 0 fully saturated rings. The maximum atomic E-state index is 12.1. The fraction of sp³-hybridized carbons (Fsp3) is 0.250. The van der Waals surface area contributed by atoms with E-state index in [0.29, 0.717) is 10.8 Å². The minimum absolute atomic E-state index is 0.117. The minimum Gasteiger partial charge on any atom is -0.318 e. The van der Waals surface area contributed by atoms with Crippen molar-refractivity contribution in [2.75, 3.05) is 5.75 Å². The second-order valence-corrected chi connectivity index (χ2v) is 8.79. The van der Waals surface area contributed by atoms with Gasteiger partial charge in [-0.05, 0) is 63.1 Å². The maximum absolute atomic E-state index is 12.1. The van der Waals surface area contributed by atoms with E-state index in [1.54, 1.807) is 18.0 Å². The lowest BCUT2D eigenvalue weighted by atomic mass is 10.1. The fourth-order valence-corrected chi connectivity index (χ4v) is 4.30. The van der Waals surface area contributed by atoms with Gasteiger partial charge in [0.1, 0.15) is 0 Å². The van der Waals surface area contributed by atoms with Gasteiger partial charge in [-0.3, -0.25) is 4.79 Å². The molecule has 1 aromatic heterocycles. The molecule has 0 atom stereocenters. The number of aryl methyl sites for hydroxylation is 3. The number of thioether (sulfide) groups is 1. The summed E-state index contributed by atoms with van der Waals surface area (Å²) in [6.45, 7) is 8.37. The number of halogens is 1. The molecule has 0 aliphatic heterocycles. The predicted octanol–water partition coefficient (Wildman–Crippen LogP) is 5.75. The summed E-state index contributed by atoms with van der Waals surface area (Å²) in [5.41, 5.74) is 10.6. The first-order valence-electron chi connectivity index (χ1n) is 9.76. The first-order valence-corrected chi connectivity index (χ1v) is 11.3. The summed E-state index contributed by atoms with van der Waals surface area (Å²) in [7, 11) is 0. The van der Waals surface area contributed by atoms with Crippen LogP contribution in [0.25, 0.3) is 5.69 Å². The Balaban J connectivity index is 1.58. The van der Waals surface area contributed by atoms with Gasteiger partial charge in [-0.1, -0.05) is 41.4 Å². The average molecular weight is 440 g/mol. The van der Waals surface area contributed by atoms with Crippen molar-refractivity contribution in [1.29, 1.82) is 0 Å². The lowest BCUT2D eigenvalue weighted by molar-refractivity contribution is -0.118. The van der Waals surface area contributed by atoms with Crippen molar-refractivity contribution in [3.8, 4) is 5.69 Å². The van der Waals surface area contributed by atoms with E-state index >= 15 is 0 Å². The van der Waals surface area contributed by atoms with Gasteiger partial charge in [0.05, 0.1) is 12.0 Å². The summed E-state index contributed by atoms with van der Waals surface area (Å²) < 4.78 is 2.22. The fourth-order valence-electron chi connectivity index (χ4n) is 3.39. The van der Waals surface area contributed by atoms with E-state index in [4.69, 9.17) is 11.6 Å². The number of carbonyl (C=O) groups is 1. The van der Waals surface area contributed by atoms with Gasteiger partial charge in [0.15, 0.2) is 0 Å². The minimum atomic E-state index is -0.117. The van der Waals surface area contributed by atoms with Crippen molar-refractivity contribution < 1.29 is 4.79 Å². The van der Waals surface area contributed by atoms with Crippen LogP contribution in [0.1, 0.15) is 33.6 Å². The number of hydrazone groups is 1. The quantitative estimate of drug-likeness (QED) is 0.376. The van der Waals surface area contributed by atoms with E-state index in [1.807, 2.05) is 24.3 Å². The van der Waals surface area contributed by atoms with E-state index in [1.165, 1.54) is 11.1 Å². The highest BCUT2D eigenvalue weighted by atomic mass is 35.5. The van der Waals surface area contributed by atoms with Crippen molar-refractivity contribution in [2.24, 2.45) is 5.10 Å². The van der Waals surface area contributed by atoms with E-state index < -0.39 is 0 Å². The summed E-state index contributed by atoms with van der Waals surface area (Å²) in [4.78, 5) is 12.1. The normalized spacial score (nSPS) is 11.2. The third-order valence-electron chi connectivity index (χ3n) is 4.87. The molecule has 0 saturated carbocycles. The number of hydrogen-bond acceptors (Lipinski definition) is 3. The van der Waals surface area contributed by atoms with Gasteiger partial charge < -0.3 is 4.57 Å². The first kappa shape index (κ1) is 22.2. The van der Waals surface area contributed by atoms with Crippen LogP contribution in [-0.4, -0.2) is 22.4 Å². The summed E-state index contributed by atoms with van der Waals surface area (Å²) >= 11 is 7.43. The van der Waals surface area contributed by atoms with Crippen LogP contribution in [0.5, 0.6) is 0 Å². The maximum Gasteiger partial charge on any atom is 0.250 e. The molecular weight excluding hydrogens is 414 g/mol. The third-order valence-corrected chi connectivity index (χ3v) is 6.13. The van der Waals surface area contributed by atoms with Crippen molar-refractivity contribution in [1.82, 2.24) is 9.99 Å². The van der Waals surface area contributed by atoms with Gasteiger partial charge in [-0.15, -0.1) is 11.8 Å². The predicted molar refractivity (Wildman–Crippen MR) is 128 cm³/mol. The summed E-state index contributed by atoms with van der Waals surface area (Å²) in [5.74, 6) is 0.987. The highest BCUT2D eigenvalue weighted by Gasteiger charge is 2.11. The number of nitrogens with zero attached hydrogens (tertiary/aromatic N) is 2. The second kappa shape index (κ2) is 10.0. The van der Waals surface area contributed by atoms with E-state index in [2.05, 4.69) is 67.1 Å². The topological polar surface area (TPSA) is 46.4 Å². The van der Waals surface area contributed by atoms with E-state index in [9.17, 15) is 4.79 Å².